The lowest BCUT2D eigenvalue weighted by atomic mass is 10.1. The fourth-order valence-corrected chi connectivity index (χ4v) is 1.05. The van der Waals surface area contributed by atoms with Crippen LogP contribution in [0.2, 0.25) is 0 Å². The van der Waals surface area contributed by atoms with E-state index in [0.717, 1.165) is 5.56 Å². The average molecular weight is 178 g/mol. The number of carboxylic acid groups (broad SMARTS) is 1. The summed E-state index contributed by atoms with van der Waals surface area (Å²) >= 11 is 0. The average Bonchev–Trinajstić information content (AvgIpc) is 2.03. The standard InChI is InChI=1S/C10H10O3/c1-7(11)5-8-3-2-4-9(6-8)10(12)13/h2-4,6,11H,1,5H2,(H,12,13). The van der Waals surface area contributed by atoms with Crippen molar-refractivity contribution < 1.29 is 15.0 Å². The van der Waals surface area contributed by atoms with Gasteiger partial charge >= 0.3 is 5.97 Å². The Balaban J connectivity index is 2.91. The Labute approximate surface area is 76.0 Å². The number of rotatable bonds is 3. The Bertz CT molecular complexity index is 342. The van der Waals surface area contributed by atoms with Gasteiger partial charge in [0.25, 0.3) is 0 Å². The van der Waals surface area contributed by atoms with E-state index in [1.165, 1.54) is 12.1 Å². The predicted molar refractivity (Wildman–Crippen MR) is 48.9 cm³/mol. The molecule has 0 aliphatic rings. The highest BCUT2D eigenvalue weighted by molar-refractivity contribution is 5.87. The third kappa shape index (κ3) is 2.63. The lowest BCUT2D eigenvalue weighted by Gasteiger charge is -2.00. The summed E-state index contributed by atoms with van der Waals surface area (Å²) in [6.07, 6.45) is 0.293. The molecule has 0 amide bonds. The molecule has 0 saturated carbocycles. The molecular formula is C10H10O3. The maximum absolute atomic E-state index is 10.6. The molecule has 1 rings (SSSR count). The molecule has 1 aromatic rings. The number of aliphatic hydroxyl groups is 1. The fourth-order valence-electron chi connectivity index (χ4n) is 1.05. The van der Waals surface area contributed by atoms with E-state index in [2.05, 4.69) is 6.58 Å². The molecule has 0 unspecified atom stereocenters. The predicted octanol–water partition coefficient (Wildman–Crippen LogP) is 2.00. The van der Waals surface area contributed by atoms with Crippen LogP contribution in [0, 0.1) is 0 Å². The van der Waals surface area contributed by atoms with E-state index >= 15 is 0 Å². The molecule has 0 aromatic heterocycles. The first-order valence-electron chi connectivity index (χ1n) is 3.78. The van der Waals surface area contributed by atoms with Crippen LogP contribution < -0.4 is 0 Å². The summed E-state index contributed by atoms with van der Waals surface area (Å²) in [5.74, 6) is -0.937. The van der Waals surface area contributed by atoms with Crippen molar-refractivity contribution >= 4 is 5.97 Å². The van der Waals surface area contributed by atoms with E-state index in [4.69, 9.17) is 10.2 Å². The van der Waals surface area contributed by atoms with E-state index in [1.807, 2.05) is 0 Å². The van der Waals surface area contributed by atoms with Gasteiger partial charge < -0.3 is 10.2 Å². The molecule has 0 spiro atoms. The van der Waals surface area contributed by atoms with Crippen LogP contribution in [-0.4, -0.2) is 16.2 Å². The Morgan fingerprint density at radius 3 is 2.62 bits per heavy atom. The fraction of sp³-hybridized carbons (Fsp3) is 0.100. The second-order valence-corrected chi connectivity index (χ2v) is 2.75. The number of hydrogen-bond acceptors (Lipinski definition) is 2. The topological polar surface area (TPSA) is 57.5 Å². The Morgan fingerprint density at radius 1 is 1.38 bits per heavy atom. The lowest BCUT2D eigenvalue weighted by molar-refractivity contribution is 0.0696. The van der Waals surface area contributed by atoms with Crippen molar-refractivity contribution in [3.05, 3.63) is 47.7 Å². The Morgan fingerprint density at radius 2 is 2.08 bits per heavy atom. The normalized spacial score (nSPS) is 9.54. The van der Waals surface area contributed by atoms with Crippen LogP contribution in [0.1, 0.15) is 15.9 Å². The van der Waals surface area contributed by atoms with Crippen LogP contribution in [0.4, 0.5) is 0 Å². The van der Waals surface area contributed by atoms with Gasteiger partial charge in [0, 0.05) is 6.42 Å². The monoisotopic (exact) mass is 178 g/mol. The van der Waals surface area contributed by atoms with Crippen molar-refractivity contribution in [2.75, 3.05) is 0 Å². The van der Waals surface area contributed by atoms with Gasteiger partial charge in [-0.15, -0.1) is 0 Å². The first kappa shape index (κ1) is 9.32. The van der Waals surface area contributed by atoms with Crippen molar-refractivity contribution in [3.8, 4) is 0 Å². The van der Waals surface area contributed by atoms with Crippen LogP contribution in [0.3, 0.4) is 0 Å². The molecule has 13 heavy (non-hydrogen) atoms. The zero-order valence-corrected chi connectivity index (χ0v) is 7.03. The van der Waals surface area contributed by atoms with Gasteiger partial charge in [0.05, 0.1) is 11.3 Å². The zero-order chi connectivity index (χ0) is 9.84. The molecular weight excluding hydrogens is 168 g/mol. The molecule has 3 nitrogen and oxygen atoms in total. The van der Waals surface area contributed by atoms with Gasteiger partial charge in [-0.05, 0) is 17.7 Å². The summed E-state index contributed by atoms with van der Waals surface area (Å²) in [6.45, 7) is 3.33. The summed E-state index contributed by atoms with van der Waals surface area (Å²) in [5.41, 5.74) is 0.964. The van der Waals surface area contributed by atoms with E-state index < -0.39 is 5.97 Å². The molecule has 0 aliphatic carbocycles. The number of aromatic carboxylic acids is 1. The number of aliphatic hydroxyl groups excluding tert-OH is 1. The second kappa shape index (κ2) is 3.76. The summed E-state index contributed by atoms with van der Waals surface area (Å²) in [4.78, 5) is 10.6. The number of carbonyl (C=O) groups is 1. The van der Waals surface area contributed by atoms with Crippen LogP contribution in [-0.2, 0) is 6.42 Å². The van der Waals surface area contributed by atoms with E-state index in [9.17, 15) is 4.79 Å². The van der Waals surface area contributed by atoms with Gasteiger partial charge in [0.1, 0.15) is 0 Å². The first-order valence-corrected chi connectivity index (χ1v) is 3.78. The Kier molecular flexibility index (Phi) is 2.69. The van der Waals surface area contributed by atoms with Crippen molar-refractivity contribution in [3.63, 3.8) is 0 Å². The maximum atomic E-state index is 10.6. The summed E-state index contributed by atoms with van der Waals surface area (Å²) < 4.78 is 0. The van der Waals surface area contributed by atoms with E-state index in [-0.39, 0.29) is 11.3 Å². The minimum atomic E-state index is -0.967. The van der Waals surface area contributed by atoms with Gasteiger partial charge in [-0.1, -0.05) is 18.7 Å². The molecule has 0 heterocycles. The van der Waals surface area contributed by atoms with Crippen molar-refractivity contribution in [2.24, 2.45) is 0 Å². The van der Waals surface area contributed by atoms with Gasteiger partial charge in [0.2, 0.25) is 0 Å². The number of benzene rings is 1. The minimum absolute atomic E-state index is 0.0301. The number of carboxylic acids is 1. The van der Waals surface area contributed by atoms with Crippen LogP contribution in [0.15, 0.2) is 36.6 Å². The molecule has 1 aromatic carbocycles. The minimum Gasteiger partial charge on any atom is -0.513 e. The molecule has 0 fully saturated rings. The molecule has 0 aliphatic heterocycles. The van der Waals surface area contributed by atoms with Gasteiger partial charge in [-0.3, -0.25) is 0 Å². The van der Waals surface area contributed by atoms with Crippen LogP contribution in [0.5, 0.6) is 0 Å². The maximum Gasteiger partial charge on any atom is 0.335 e. The number of hydrogen-bond donors (Lipinski definition) is 2. The SMILES string of the molecule is C=C(O)Cc1cccc(C(=O)O)c1. The lowest BCUT2D eigenvalue weighted by Crippen LogP contribution is -1.97. The third-order valence-electron chi connectivity index (χ3n) is 1.58. The zero-order valence-electron chi connectivity index (χ0n) is 7.03. The number of allylic oxidation sites excluding steroid dienone is 1. The summed E-state index contributed by atoms with van der Waals surface area (Å²) in [6, 6.07) is 6.41. The highest BCUT2D eigenvalue weighted by Gasteiger charge is 2.03. The highest BCUT2D eigenvalue weighted by atomic mass is 16.4. The van der Waals surface area contributed by atoms with Crippen LogP contribution >= 0.6 is 0 Å². The summed E-state index contributed by atoms with van der Waals surface area (Å²) in [5, 5.41) is 17.6. The van der Waals surface area contributed by atoms with Gasteiger partial charge in [-0.25, -0.2) is 4.79 Å². The van der Waals surface area contributed by atoms with E-state index in [0.29, 0.717) is 6.42 Å². The molecule has 0 bridgehead atoms. The van der Waals surface area contributed by atoms with Gasteiger partial charge in [0.15, 0.2) is 0 Å². The molecule has 0 radical (unpaired) electrons. The van der Waals surface area contributed by atoms with Gasteiger partial charge in [-0.2, -0.15) is 0 Å². The van der Waals surface area contributed by atoms with E-state index in [1.54, 1.807) is 12.1 Å². The largest absolute Gasteiger partial charge is 0.513 e. The molecule has 3 heteroatoms. The third-order valence-corrected chi connectivity index (χ3v) is 1.58. The Hall–Kier alpha value is -1.77. The molecule has 68 valence electrons. The van der Waals surface area contributed by atoms with Crippen molar-refractivity contribution in [1.29, 1.82) is 0 Å². The second-order valence-electron chi connectivity index (χ2n) is 2.75. The summed E-state index contributed by atoms with van der Waals surface area (Å²) in [7, 11) is 0. The smallest absolute Gasteiger partial charge is 0.335 e. The molecule has 0 atom stereocenters. The first-order chi connectivity index (χ1) is 6.09. The van der Waals surface area contributed by atoms with Crippen molar-refractivity contribution in [1.82, 2.24) is 0 Å². The van der Waals surface area contributed by atoms with Crippen LogP contribution in [0.25, 0.3) is 0 Å². The molecule has 0 saturated heterocycles. The van der Waals surface area contributed by atoms with Crippen molar-refractivity contribution in [2.45, 2.75) is 6.42 Å². The highest BCUT2D eigenvalue weighted by Crippen LogP contribution is 2.08. The molecule has 2 N–H and O–H groups in total. The quantitative estimate of drug-likeness (QED) is 0.696.